The third-order valence-electron chi connectivity index (χ3n) is 11.1. The SMILES string of the molecule is CCCN(CCC(=O)O)C(=O)CN1CC2CC(C1)N2C(=O)C(CCCCN)NC(=O)C(CC(=O)C(Cc1ccccc1)NC(=O)C(N)Cc1ccccc1)CC(C)C. The molecule has 3 aliphatic rings. The second kappa shape index (κ2) is 23.1. The maximum absolute atomic E-state index is 14.2. The van der Waals surface area contributed by atoms with Crippen molar-refractivity contribution in [3.8, 4) is 0 Å². The second-order valence-electron chi connectivity index (χ2n) is 16.4. The van der Waals surface area contributed by atoms with Crippen LogP contribution in [0.3, 0.4) is 0 Å². The lowest BCUT2D eigenvalue weighted by Crippen LogP contribution is -2.72. The van der Waals surface area contributed by atoms with E-state index in [0.29, 0.717) is 58.3 Å². The van der Waals surface area contributed by atoms with Gasteiger partial charge < -0.3 is 37.0 Å². The molecule has 318 valence electrons. The minimum absolute atomic E-state index is 0.0669. The van der Waals surface area contributed by atoms with Gasteiger partial charge in [-0.1, -0.05) is 81.4 Å². The number of aliphatic carboxylic acids is 1. The van der Waals surface area contributed by atoms with E-state index in [2.05, 4.69) is 10.6 Å². The van der Waals surface area contributed by atoms with E-state index in [1.54, 1.807) is 4.90 Å². The molecule has 3 aliphatic heterocycles. The predicted molar refractivity (Wildman–Crippen MR) is 222 cm³/mol. The summed E-state index contributed by atoms with van der Waals surface area (Å²) in [4.78, 5) is 85.7. The standard InChI is InChI=1S/C44H65N7O7/c1-4-20-50(21-18-41(54)55)40(53)29-49-27-34-26-35(28-49)51(34)44(58)37(17-11-12-19-45)47-42(56)33(22-30(2)3)25-39(52)38(24-32-15-9-6-10-16-32)48-43(57)36(46)23-31-13-7-5-8-14-31/h5-10,13-16,30,33-38H,4,11-12,17-29,45-46H2,1-3H3,(H,47,56)(H,48,57)(H,54,55). The molecular formula is C44H65N7O7. The van der Waals surface area contributed by atoms with Crippen molar-refractivity contribution in [2.75, 3.05) is 39.3 Å². The van der Waals surface area contributed by atoms with Crippen molar-refractivity contribution in [2.45, 2.75) is 115 Å². The molecule has 3 saturated heterocycles. The largest absolute Gasteiger partial charge is 0.481 e. The second-order valence-corrected chi connectivity index (χ2v) is 16.4. The highest BCUT2D eigenvalue weighted by Crippen LogP contribution is 2.33. The van der Waals surface area contributed by atoms with E-state index >= 15 is 0 Å². The van der Waals surface area contributed by atoms with Gasteiger partial charge in [-0.15, -0.1) is 0 Å². The van der Waals surface area contributed by atoms with Crippen molar-refractivity contribution in [1.82, 2.24) is 25.3 Å². The molecular weight excluding hydrogens is 739 g/mol. The molecule has 3 fully saturated rings. The monoisotopic (exact) mass is 803 g/mol. The number of hydrogen-bond acceptors (Lipinski definition) is 9. The van der Waals surface area contributed by atoms with Gasteiger partial charge in [0.25, 0.3) is 0 Å². The van der Waals surface area contributed by atoms with Crippen molar-refractivity contribution in [3.63, 3.8) is 0 Å². The zero-order chi connectivity index (χ0) is 42.2. The average molecular weight is 804 g/mol. The number of hydrogen-bond donors (Lipinski definition) is 5. The Morgan fingerprint density at radius 2 is 1.45 bits per heavy atom. The number of nitrogens with zero attached hydrogens (tertiary/aromatic N) is 3. The third kappa shape index (κ3) is 14.0. The number of amides is 4. The number of piperidine rings is 1. The highest BCUT2D eigenvalue weighted by Gasteiger charge is 2.49. The number of nitrogens with one attached hydrogen (secondary N) is 2. The molecule has 5 rings (SSSR count). The summed E-state index contributed by atoms with van der Waals surface area (Å²) in [7, 11) is 0. The van der Waals surface area contributed by atoms with Gasteiger partial charge in [-0.25, -0.2) is 0 Å². The van der Waals surface area contributed by atoms with Crippen LogP contribution in [-0.4, -0.2) is 125 Å². The lowest BCUT2D eigenvalue weighted by atomic mass is 9.85. The number of benzene rings is 2. The molecule has 0 spiro atoms. The van der Waals surface area contributed by atoms with E-state index in [0.717, 1.165) is 24.0 Å². The van der Waals surface area contributed by atoms with Gasteiger partial charge in [0.2, 0.25) is 23.6 Å². The first kappa shape index (κ1) is 46.0. The summed E-state index contributed by atoms with van der Waals surface area (Å²) in [6.45, 7) is 8.15. The zero-order valence-corrected chi connectivity index (χ0v) is 34.5. The Balaban J connectivity index is 1.44. The number of carboxylic acids is 1. The predicted octanol–water partition coefficient (Wildman–Crippen LogP) is 2.52. The zero-order valence-electron chi connectivity index (χ0n) is 34.5. The van der Waals surface area contributed by atoms with Gasteiger partial charge in [-0.2, -0.15) is 0 Å². The molecule has 14 heteroatoms. The minimum Gasteiger partial charge on any atom is -0.481 e. The summed E-state index contributed by atoms with van der Waals surface area (Å²) < 4.78 is 0. The molecule has 3 heterocycles. The molecule has 58 heavy (non-hydrogen) atoms. The fraction of sp³-hybridized carbons (Fsp3) is 0.591. The molecule has 0 saturated carbocycles. The van der Waals surface area contributed by atoms with Crippen LogP contribution in [0, 0.1) is 11.8 Å². The molecule has 0 aliphatic carbocycles. The van der Waals surface area contributed by atoms with Crippen molar-refractivity contribution >= 4 is 35.4 Å². The summed E-state index contributed by atoms with van der Waals surface area (Å²) in [6, 6.07) is 16.0. The summed E-state index contributed by atoms with van der Waals surface area (Å²) in [5.74, 6) is -3.05. The van der Waals surface area contributed by atoms with Gasteiger partial charge >= 0.3 is 5.97 Å². The Morgan fingerprint density at radius 1 is 0.845 bits per heavy atom. The quantitative estimate of drug-likeness (QED) is 0.0927. The van der Waals surface area contributed by atoms with Crippen LogP contribution in [-0.2, 0) is 41.6 Å². The lowest BCUT2D eigenvalue weighted by Gasteiger charge is -2.57. The highest BCUT2D eigenvalue weighted by molar-refractivity contribution is 5.95. The Morgan fingerprint density at radius 3 is 2.02 bits per heavy atom. The Kier molecular flexibility index (Phi) is 18.3. The van der Waals surface area contributed by atoms with Crippen LogP contribution in [0.25, 0.3) is 0 Å². The molecule has 14 nitrogen and oxygen atoms in total. The van der Waals surface area contributed by atoms with Crippen LogP contribution in [0.5, 0.6) is 0 Å². The van der Waals surface area contributed by atoms with Crippen molar-refractivity contribution in [3.05, 3.63) is 71.8 Å². The summed E-state index contributed by atoms with van der Waals surface area (Å²) in [6.07, 6.45) is 3.92. The van der Waals surface area contributed by atoms with Crippen molar-refractivity contribution in [2.24, 2.45) is 23.3 Å². The van der Waals surface area contributed by atoms with Crippen LogP contribution < -0.4 is 22.1 Å². The first-order valence-corrected chi connectivity index (χ1v) is 21.0. The van der Waals surface area contributed by atoms with Gasteiger partial charge in [0.1, 0.15) is 6.04 Å². The van der Waals surface area contributed by atoms with Crippen molar-refractivity contribution < 1.29 is 33.9 Å². The lowest BCUT2D eigenvalue weighted by molar-refractivity contribution is -0.159. The number of nitrogens with two attached hydrogens (primary N) is 2. The molecule has 6 atom stereocenters. The molecule has 0 aromatic heterocycles. The van der Waals surface area contributed by atoms with E-state index < -0.39 is 35.9 Å². The maximum Gasteiger partial charge on any atom is 0.305 e. The molecule has 4 amide bonds. The normalized spacial score (nSPS) is 18.3. The first-order chi connectivity index (χ1) is 27.8. The van der Waals surface area contributed by atoms with Crippen molar-refractivity contribution in [1.29, 1.82) is 0 Å². The van der Waals surface area contributed by atoms with E-state index in [1.807, 2.05) is 91.2 Å². The van der Waals surface area contributed by atoms with E-state index in [4.69, 9.17) is 16.6 Å². The topological polar surface area (TPSA) is 208 Å². The van der Waals surface area contributed by atoms with E-state index in [-0.39, 0.29) is 73.9 Å². The van der Waals surface area contributed by atoms with Crippen LogP contribution in [0.15, 0.2) is 60.7 Å². The molecule has 7 N–H and O–H groups in total. The number of fused-ring (bicyclic) bond motifs is 2. The number of piperazine rings is 1. The van der Waals surface area contributed by atoms with Gasteiger partial charge in [0.15, 0.2) is 5.78 Å². The van der Waals surface area contributed by atoms with Crippen LogP contribution in [0.2, 0.25) is 0 Å². The van der Waals surface area contributed by atoms with Crippen LogP contribution in [0.1, 0.15) is 83.3 Å². The fourth-order valence-corrected chi connectivity index (χ4v) is 8.13. The molecule has 0 radical (unpaired) electrons. The fourth-order valence-electron chi connectivity index (χ4n) is 8.13. The Hall–Kier alpha value is -4.66. The molecule has 2 aromatic rings. The number of ketones is 1. The van der Waals surface area contributed by atoms with Crippen LogP contribution in [0.4, 0.5) is 0 Å². The Labute approximate surface area is 343 Å². The number of unbranched alkanes of at least 4 members (excludes halogenated alkanes) is 1. The number of carboxylic acid groups (broad SMARTS) is 1. The Bertz CT molecular complexity index is 1650. The van der Waals surface area contributed by atoms with Gasteiger partial charge in [-0.3, -0.25) is 33.7 Å². The molecule has 2 bridgehead atoms. The van der Waals surface area contributed by atoms with Crippen LogP contribution >= 0.6 is 0 Å². The number of rotatable bonds is 25. The smallest absolute Gasteiger partial charge is 0.305 e. The summed E-state index contributed by atoms with van der Waals surface area (Å²) in [5, 5.41) is 15.1. The first-order valence-electron chi connectivity index (χ1n) is 21.0. The van der Waals surface area contributed by atoms with E-state index in [1.165, 1.54) is 0 Å². The summed E-state index contributed by atoms with van der Waals surface area (Å²) >= 11 is 0. The number of carbonyl (C=O) groups excluding carboxylic acids is 5. The minimum atomic E-state index is -0.950. The average Bonchev–Trinajstić information content (AvgIpc) is 3.18. The molecule has 6 unspecified atom stereocenters. The maximum atomic E-state index is 14.2. The molecule has 2 aromatic carbocycles. The number of Topliss-reactive ketones (excluding diaryl/α,β-unsaturated/α-hetero) is 1. The number of carbonyl (C=O) groups is 6. The van der Waals surface area contributed by atoms with Gasteiger partial charge in [0.05, 0.1) is 25.0 Å². The van der Waals surface area contributed by atoms with Gasteiger partial charge in [0, 0.05) is 50.6 Å². The van der Waals surface area contributed by atoms with E-state index in [9.17, 15) is 28.8 Å². The van der Waals surface area contributed by atoms with Gasteiger partial charge in [-0.05, 0) is 75.0 Å². The highest BCUT2D eigenvalue weighted by atomic mass is 16.4. The third-order valence-corrected chi connectivity index (χ3v) is 11.1. The summed E-state index contributed by atoms with van der Waals surface area (Å²) in [5.41, 5.74) is 13.9.